The highest BCUT2D eigenvalue weighted by atomic mass is 35.5. The Hall–Kier alpha value is -2.84. The van der Waals surface area contributed by atoms with Gasteiger partial charge in [0.05, 0.1) is 5.71 Å². The van der Waals surface area contributed by atoms with Crippen LogP contribution in [0.5, 0.6) is 0 Å². The molecule has 26 heavy (non-hydrogen) atoms. The first-order chi connectivity index (χ1) is 12.7. The summed E-state index contributed by atoms with van der Waals surface area (Å²) in [6.07, 6.45) is 2.06. The van der Waals surface area contributed by atoms with E-state index < -0.39 is 0 Å². The van der Waals surface area contributed by atoms with Gasteiger partial charge in [-0.15, -0.1) is 0 Å². The molecule has 0 radical (unpaired) electrons. The molecule has 1 aliphatic rings. The van der Waals surface area contributed by atoms with Crippen LogP contribution in [0.2, 0.25) is 5.02 Å². The minimum Gasteiger partial charge on any atom is -0.349 e. The van der Waals surface area contributed by atoms with Gasteiger partial charge in [0.15, 0.2) is 0 Å². The minimum atomic E-state index is -0.0783. The van der Waals surface area contributed by atoms with Crippen LogP contribution in [0.4, 0.5) is 0 Å². The summed E-state index contributed by atoms with van der Waals surface area (Å²) >= 11 is 6.24. The molecule has 0 aliphatic carbocycles. The summed E-state index contributed by atoms with van der Waals surface area (Å²) in [5, 5.41) is 0.733. The highest BCUT2D eigenvalue weighted by Crippen LogP contribution is 2.34. The lowest BCUT2D eigenvalue weighted by Gasteiger charge is -2.34. The summed E-state index contributed by atoms with van der Waals surface area (Å²) in [7, 11) is 2.08. The van der Waals surface area contributed by atoms with Crippen LogP contribution in [0.1, 0.15) is 22.9 Å². The van der Waals surface area contributed by atoms with Crippen molar-refractivity contribution in [2.24, 2.45) is 4.99 Å². The van der Waals surface area contributed by atoms with E-state index >= 15 is 0 Å². The molecule has 0 N–H and O–H groups in total. The highest BCUT2D eigenvalue weighted by molar-refractivity contribution is 6.30. The summed E-state index contributed by atoms with van der Waals surface area (Å²) in [5.41, 5.74) is 5.45. The Morgan fingerprint density at radius 1 is 0.808 bits per heavy atom. The minimum absolute atomic E-state index is 0.0783. The molecule has 1 unspecified atom stereocenters. The number of nitrogens with zero attached hydrogens (tertiary/aromatic N) is 2. The maximum absolute atomic E-state index is 6.24. The fraction of sp³-hybridized carbons (Fsp3) is 0.0870. The van der Waals surface area contributed by atoms with Crippen molar-refractivity contribution in [3.63, 3.8) is 0 Å². The van der Waals surface area contributed by atoms with E-state index in [-0.39, 0.29) is 6.17 Å². The van der Waals surface area contributed by atoms with E-state index in [4.69, 9.17) is 16.6 Å². The van der Waals surface area contributed by atoms with Gasteiger partial charge in [0, 0.05) is 17.8 Å². The Kier molecular flexibility index (Phi) is 4.59. The van der Waals surface area contributed by atoms with Crippen molar-refractivity contribution in [2.75, 3.05) is 7.05 Å². The quantitative estimate of drug-likeness (QED) is 0.576. The first-order valence-electron chi connectivity index (χ1n) is 8.61. The zero-order valence-corrected chi connectivity index (χ0v) is 15.3. The van der Waals surface area contributed by atoms with Crippen LogP contribution < -0.4 is 0 Å². The van der Waals surface area contributed by atoms with Gasteiger partial charge in [-0.3, -0.25) is 4.99 Å². The molecular formula is C23H19ClN2. The third kappa shape index (κ3) is 3.29. The number of hydrogen-bond donors (Lipinski definition) is 0. The molecule has 0 saturated carbocycles. The van der Waals surface area contributed by atoms with E-state index in [1.54, 1.807) is 0 Å². The van der Waals surface area contributed by atoms with Crippen molar-refractivity contribution in [1.82, 2.24) is 4.90 Å². The van der Waals surface area contributed by atoms with Gasteiger partial charge in [0.1, 0.15) is 6.17 Å². The topological polar surface area (TPSA) is 15.6 Å². The maximum Gasteiger partial charge on any atom is 0.147 e. The largest absolute Gasteiger partial charge is 0.349 e. The lowest BCUT2D eigenvalue weighted by molar-refractivity contribution is 0.364. The SMILES string of the molecule is CN1C(c2cccc(Cl)c2)=CC(c2ccccc2)=NC1c1ccccc1. The molecule has 3 aromatic rings. The van der Waals surface area contributed by atoms with Gasteiger partial charge >= 0.3 is 0 Å². The Bertz CT molecular complexity index is 962. The molecule has 0 amide bonds. The summed E-state index contributed by atoms with van der Waals surface area (Å²) in [6.45, 7) is 0. The van der Waals surface area contributed by atoms with E-state index in [1.807, 2.05) is 42.5 Å². The van der Waals surface area contributed by atoms with Crippen LogP contribution in [0.15, 0.2) is 96.0 Å². The zero-order chi connectivity index (χ0) is 17.9. The lowest BCUT2D eigenvalue weighted by Crippen LogP contribution is -2.27. The van der Waals surface area contributed by atoms with Gasteiger partial charge in [-0.05, 0) is 34.9 Å². The Morgan fingerprint density at radius 2 is 1.46 bits per heavy atom. The molecule has 2 nitrogen and oxygen atoms in total. The van der Waals surface area contributed by atoms with Crippen molar-refractivity contribution in [2.45, 2.75) is 6.17 Å². The smallest absolute Gasteiger partial charge is 0.147 e. The third-order valence-corrected chi connectivity index (χ3v) is 4.80. The normalized spacial score (nSPS) is 16.8. The first-order valence-corrected chi connectivity index (χ1v) is 8.99. The van der Waals surface area contributed by atoms with Gasteiger partial charge < -0.3 is 4.90 Å². The van der Waals surface area contributed by atoms with Gasteiger partial charge in [0.2, 0.25) is 0 Å². The van der Waals surface area contributed by atoms with Crippen LogP contribution in [-0.2, 0) is 0 Å². The van der Waals surface area contributed by atoms with Crippen LogP contribution in [0, 0.1) is 0 Å². The number of aliphatic imine (C=N–C) groups is 1. The third-order valence-electron chi connectivity index (χ3n) is 4.57. The molecule has 3 heteroatoms. The molecule has 1 aliphatic heterocycles. The van der Waals surface area contributed by atoms with Gasteiger partial charge in [-0.2, -0.15) is 0 Å². The molecule has 1 heterocycles. The van der Waals surface area contributed by atoms with Crippen LogP contribution >= 0.6 is 11.6 Å². The second-order valence-electron chi connectivity index (χ2n) is 6.32. The molecular weight excluding hydrogens is 340 g/mol. The number of halogens is 1. The average Bonchev–Trinajstić information content (AvgIpc) is 2.69. The molecule has 0 aromatic heterocycles. The van der Waals surface area contributed by atoms with E-state index in [9.17, 15) is 0 Å². The first kappa shape index (κ1) is 16.6. The molecule has 128 valence electrons. The summed E-state index contributed by atoms with van der Waals surface area (Å²) in [4.78, 5) is 7.24. The van der Waals surface area contributed by atoms with E-state index in [0.29, 0.717) is 0 Å². The van der Waals surface area contributed by atoms with Gasteiger partial charge in [0.25, 0.3) is 0 Å². The predicted molar refractivity (Wildman–Crippen MR) is 109 cm³/mol. The molecule has 0 bridgehead atoms. The summed E-state index contributed by atoms with van der Waals surface area (Å²) in [6, 6.07) is 28.6. The van der Waals surface area contributed by atoms with Gasteiger partial charge in [-0.1, -0.05) is 84.4 Å². The van der Waals surface area contributed by atoms with Crippen molar-refractivity contribution in [3.8, 4) is 0 Å². The fourth-order valence-corrected chi connectivity index (χ4v) is 3.43. The summed E-state index contributed by atoms with van der Waals surface area (Å²) < 4.78 is 0. The van der Waals surface area contributed by atoms with Crippen molar-refractivity contribution in [1.29, 1.82) is 0 Å². The van der Waals surface area contributed by atoms with Crippen molar-refractivity contribution < 1.29 is 0 Å². The number of allylic oxidation sites excluding steroid dienone is 1. The van der Waals surface area contributed by atoms with E-state index in [1.165, 1.54) is 0 Å². The molecule has 0 fully saturated rings. The lowest BCUT2D eigenvalue weighted by atomic mass is 10.0. The van der Waals surface area contributed by atoms with Gasteiger partial charge in [-0.25, -0.2) is 0 Å². The zero-order valence-electron chi connectivity index (χ0n) is 14.5. The molecule has 0 saturated heterocycles. The molecule has 3 aromatic carbocycles. The van der Waals surface area contributed by atoms with Crippen molar-refractivity contribution >= 4 is 23.0 Å². The van der Waals surface area contributed by atoms with Crippen LogP contribution in [0.25, 0.3) is 5.70 Å². The van der Waals surface area contributed by atoms with Crippen molar-refractivity contribution in [3.05, 3.63) is 113 Å². The fourth-order valence-electron chi connectivity index (χ4n) is 3.24. The second-order valence-corrected chi connectivity index (χ2v) is 6.75. The van der Waals surface area contributed by atoms with E-state index in [0.717, 1.165) is 33.1 Å². The van der Waals surface area contributed by atoms with Crippen LogP contribution in [-0.4, -0.2) is 17.7 Å². The number of rotatable bonds is 3. The Morgan fingerprint density at radius 3 is 2.15 bits per heavy atom. The molecule has 4 rings (SSSR count). The monoisotopic (exact) mass is 358 g/mol. The number of benzene rings is 3. The molecule has 0 spiro atoms. The highest BCUT2D eigenvalue weighted by Gasteiger charge is 2.24. The Labute approximate surface area is 159 Å². The predicted octanol–water partition coefficient (Wildman–Crippen LogP) is 5.81. The average molecular weight is 359 g/mol. The summed E-state index contributed by atoms with van der Waals surface area (Å²) in [5.74, 6) is 0. The Balaban J connectivity index is 1.85. The standard InChI is InChI=1S/C23H19ClN2/c1-26-22(19-13-8-14-20(24)15-19)16-21(17-9-4-2-5-10-17)25-23(26)18-11-6-3-7-12-18/h2-16,23H,1H3. The molecule has 1 atom stereocenters. The van der Waals surface area contributed by atoms with E-state index in [2.05, 4.69) is 60.5 Å². The van der Waals surface area contributed by atoms with Crippen LogP contribution in [0.3, 0.4) is 0 Å². The second kappa shape index (κ2) is 7.19. The number of hydrogen-bond acceptors (Lipinski definition) is 2. The maximum atomic E-state index is 6.24.